The van der Waals surface area contributed by atoms with Crippen molar-refractivity contribution in [1.82, 2.24) is 15.3 Å². The van der Waals surface area contributed by atoms with Crippen LogP contribution in [0.4, 0.5) is 32.3 Å². The number of aliphatic carboxylic acids is 2. The Labute approximate surface area is 214 Å². The molecule has 0 amide bonds. The van der Waals surface area contributed by atoms with Crippen LogP contribution in [0.15, 0.2) is 36.5 Å². The summed E-state index contributed by atoms with van der Waals surface area (Å²) in [6, 6.07) is 11.7. The predicted octanol–water partition coefficient (Wildman–Crippen LogP) is 4.74. The SMILES string of the molecule is O=C(O)C(F)(F)F.O=C(O)C(F)(F)F.c1ccc(CNc2ncc3c(n2)CCC(NC2CCCC2)C3)cc1. The molecular weight excluding hydrogens is 522 g/mol. The van der Waals surface area contributed by atoms with E-state index >= 15 is 0 Å². The van der Waals surface area contributed by atoms with E-state index in [1.807, 2.05) is 12.3 Å². The third kappa shape index (κ3) is 10.9. The number of halogens is 6. The number of fused-ring (bicyclic) bond motifs is 1. The third-order valence-corrected chi connectivity index (χ3v) is 5.76. The summed E-state index contributed by atoms with van der Waals surface area (Å²) in [5, 5.41) is 21.4. The number of carboxylic acids is 2. The van der Waals surface area contributed by atoms with Crippen LogP contribution in [-0.4, -0.2) is 56.6 Å². The van der Waals surface area contributed by atoms with E-state index in [-0.39, 0.29) is 0 Å². The van der Waals surface area contributed by atoms with Crippen molar-refractivity contribution < 1.29 is 46.1 Å². The number of hydrogen-bond acceptors (Lipinski definition) is 6. The number of anilines is 1. The van der Waals surface area contributed by atoms with Crippen molar-refractivity contribution in [3.63, 3.8) is 0 Å². The number of rotatable bonds is 5. The highest BCUT2D eigenvalue weighted by Crippen LogP contribution is 2.24. The van der Waals surface area contributed by atoms with Crippen LogP contribution in [0, 0.1) is 0 Å². The zero-order valence-corrected chi connectivity index (χ0v) is 20.1. The summed E-state index contributed by atoms with van der Waals surface area (Å²) in [7, 11) is 0. The number of aromatic nitrogens is 2. The number of carbonyl (C=O) groups is 2. The Bertz CT molecular complexity index is 1020. The van der Waals surface area contributed by atoms with E-state index in [0.29, 0.717) is 6.04 Å². The maximum atomic E-state index is 10.6. The molecule has 1 saturated carbocycles. The molecule has 38 heavy (non-hydrogen) atoms. The second-order valence-electron chi connectivity index (χ2n) is 8.70. The van der Waals surface area contributed by atoms with Gasteiger partial charge < -0.3 is 20.8 Å². The summed E-state index contributed by atoms with van der Waals surface area (Å²) < 4.78 is 63.5. The van der Waals surface area contributed by atoms with Crippen LogP contribution < -0.4 is 10.6 Å². The Morgan fingerprint density at radius 1 is 0.895 bits per heavy atom. The van der Waals surface area contributed by atoms with Gasteiger partial charge in [0.05, 0.1) is 0 Å². The molecule has 1 atom stereocenters. The average Bonchev–Trinajstić information content (AvgIpc) is 3.36. The fourth-order valence-corrected chi connectivity index (χ4v) is 3.94. The Morgan fingerprint density at radius 2 is 1.45 bits per heavy atom. The van der Waals surface area contributed by atoms with Gasteiger partial charge in [0.2, 0.25) is 5.95 Å². The molecule has 2 aliphatic rings. The molecule has 4 rings (SSSR count). The van der Waals surface area contributed by atoms with Gasteiger partial charge in [0.25, 0.3) is 0 Å². The third-order valence-electron chi connectivity index (χ3n) is 5.76. The first-order valence-corrected chi connectivity index (χ1v) is 11.7. The molecule has 1 fully saturated rings. The topological polar surface area (TPSA) is 124 Å². The van der Waals surface area contributed by atoms with E-state index in [1.165, 1.54) is 48.9 Å². The smallest absolute Gasteiger partial charge is 0.475 e. The van der Waals surface area contributed by atoms with Crippen molar-refractivity contribution in [2.24, 2.45) is 0 Å². The minimum Gasteiger partial charge on any atom is -0.475 e. The molecule has 2 aliphatic carbocycles. The maximum Gasteiger partial charge on any atom is 0.490 e. The monoisotopic (exact) mass is 550 g/mol. The van der Waals surface area contributed by atoms with Gasteiger partial charge in [0, 0.05) is 30.5 Å². The van der Waals surface area contributed by atoms with Crippen LogP contribution in [0.2, 0.25) is 0 Å². The van der Waals surface area contributed by atoms with Gasteiger partial charge in [0.15, 0.2) is 0 Å². The van der Waals surface area contributed by atoms with Gasteiger partial charge in [-0.2, -0.15) is 26.3 Å². The Morgan fingerprint density at radius 3 is 1.97 bits per heavy atom. The first kappa shape index (κ1) is 30.8. The summed E-state index contributed by atoms with van der Waals surface area (Å²) in [6.07, 6.45) is 0.662. The molecule has 0 bridgehead atoms. The fraction of sp³-hybridized carbons (Fsp3) is 0.500. The summed E-state index contributed by atoms with van der Waals surface area (Å²) in [5.41, 5.74) is 3.80. The number of benzene rings is 1. The van der Waals surface area contributed by atoms with E-state index < -0.39 is 24.3 Å². The van der Waals surface area contributed by atoms with E-state index in [9.17, 15) is 26.3 Å². The maximum absolute atomic E-state index is 10.6. The van der Waals surface area contributed by atoms with Crippen molar-refractivity contribution in [2.45, 2.75) is 75.9 Å². The highest BCUT2D eigenvalue weighted by Gasteiger charge is 2.38. The average molecular weight is 551 g/mol. The quantitative estimate of drug-likeness (QED) is 0.394. The number of carboxylic acid groups (broad SMARTS) is 2. The van der Waals surface area contributed by atoms with Gasteiger partial charge in [0.1, 0.15) is 0 Å². The molecule has 1 aromatic heterocycles. The van der Waals surface area contributed by atoms with Crippen molar-refractivity contribution in [3.05, 3.63) is 53.3 Å². The minimum atomic E-state index is -5.08. The summed E-state index contributed by atoms with van der Waals surface area (Å²) in [6.45, 7) is 0.769. The molecule has 0 spiro atoms. The standard InChI is InChI=1S/C20H26N4.2C2HF3O2/c1-2-6-15(7-3-1)13-21-20-22-14-16-12-18(10-11-19(16)24-20)23-17-8-4-5-9-17;2*3-2(4,5)1(6)7/h1-3,6-7,14,17-18,23H,4-5,8-13H2,(H,21,22,24);2*(H,6,7). The van der Waals surface area contributed by atoms with Crippen molar-refractivity contribution in [1.29, 1.82) is 0 Å². The fourth-order valence-electron chi connectivity index (χ4n) is 3.94. The molecule has 210 valence electrons. The summed E-state index contributed by atoms with van der Waals surface area (Å²) >= 11 is 0. The van der Waals surface area contributed by atoms with E-state index in [4.69, 9.17) is 24.8 Å². The van der Waals surface area contributed by atoms with Gasteiger partial charge in [-0.05, 0) is 43.2 Å². The molecule has 1 aromatic carbocycles. The largest absolute Gasteiger partial charge is 0.490 e. The first-order valence-electron chi connectivity index (χ1n) is 11.7. The van der Waals surface area contributed by atoms with Gasteiger partial charge >= 0.3 is 24.3 Å². The minimum absolute atomic E-state index is 0.604. The van der Waals surface area contributed by atoms with Crippen molar-refractivity contribution >= 4 is 17.9 Å². The van der Waals surface area contributed by atoms with Crippen molar-refractivity contribution in [2.75, 3.05) is 5.32 Å². The summed E-state index contributed by atoms with van der Waals surface area (Å²) in [4.78, 5) is 27.1. The molecule has 1 heterocycles. The van der Waals surface area contributed by atoms with Crippen LogP contribution in [0.3, 0.4) is 0 Å². The second-order valence-corrected chi connectivity index (χ2v) is 8.70. The summed E-state index contributed by atoms with van der Waals surface area (Å²) in [5.74, 6) is -4.76. The number of nitrogens with one attached hydrogen (secondary N) is 2. The van der Waals surface area contributed by atoms with Gasteiger partial charge in [-0.3, -0.25) is 0 Å². The number of hydrogen-bond donors (Lipinski definition) is 4. The van der Waals surface area contributed by atoms with Crippen LogP contribution in [0.5, 0.6) is 0 Å². The lowest BCUT2D eigenvalue weighted by Crippen LogP contribution is -2.40. The van der Waals surface area contributed by atoms with Crippen LogP contribution >= 0.6 is 0 Å². The van der Waals surface area contributed by atoms with Gasteiger partial charge in [-0.15, -0.1) is 0 Å². The van der Waals surface area contributed by atoms with E-state index in [0.717, 1.165) is 31.4 Å². The number of nitrogens with zero attached hydrogens (tertiary/aromatic N) is 2. The zero-order chi connectivity index (χ0) is 28.3. The van der Waals surface area contributed by atoms with Gasteiger partial charge in [-0.25, -0.2) is 19.6 Å². The lowest BCUT2D eigenvalue weighted by atomic mass is 9.92. The number of alkyl halides is 6. The molecular formula is C24H28F6N4O4. The Hall–Kier alpha value is -3.42. The molecule has 4 N–H and O–H groups in total. The molecule has 2 aromatic rings. The Kier molecular flexibility index (Phi) is 11.3. The normalized spacial score (nSPS) is 17.3. The Balaban J connectivity index is 0.000000301. The molecule has 0 saturated heterocycles. The van der Waals surface area contributed by atoms with Crippen LogP contribution in [-0.2, 0) is 29.0 Å². The highest BCUT2D eigenvalue weighted by atomic mass is 19.4. The predicted molar refractivity (Wildman–Crippen MR) is 124 cm³/mol. The van der Waals surface area contributed by atoms with Gasteiger partial charge in [-0.1, -0.05) is 43.2 Å². The van der Waals surface area contributed by atoms with E-state index in [2.05, 4.69) is 39.9 Å². The second kappa shape index (κ2) is 13.9. The van der Waals surface area contributed by atoms with Crippen molar-refractivity contribution in [3.8, 4) is 0 Å². The number of aryl methyl sites for hydroxylation is 1. The molecule has 8 nitrogen and oxygen atoms in total. The van der Waals surface area contributed by atoms with E-state index in [1.54, 1.807) is 0 Å². The molecule has 0 aliphatic heterocycles. The molecule has 14 heteroatoms. The highest BCUT2D eigenvalue weighted by molar-refractivity contribution is 5.73. The van der Waals surface area contributed by atoms with Crippen LogP contribution in [0.1, 0.15) is 48.9 Å². The lowest BCUT2D eigenvalue weighted by molar-refractivity contribution is -0.193. The molecule has 1 unspecified atom stereocenters. The zero-order valence-electron chi connectivity index (χ0n) is 20.1. The molecule has 0 radical (unpaired) electrons. The lowest BCUT2D eigenvalue weighted by Gasteiger charge is -2.27. The first-order chi connectivity index (χ1) is 17.8. The van der Waals surface area contributed by atoms with Crippen LogP contribution in [0.25, 0.3) is 0 Å².